The van der Waals surface area contributed by atoms with Crippen molar-refractivity contribution < 1.29 is 14.3 Å². The molecular weight excluding hydrogens is 274 g/mol. The number of carbonyl (C=O) groups excluding carboxylic acids is 2. The molecule has 0 aliphatic heterocycles. The largest absolute Gasteiger partial charge is 0.469 e. The minimum Gasteiger partial charge on any atom is -0.469 e. The maximum absolute atomic E-state index is 11.8. The first kappa shape index (κ1) is 16.6. The highest BCUT2D eigenvalue weighted by Gasteiger charge is 2.12. The highest BCUT2D eigenvalue weighted by atomic mass is 32.2. The van der Waals surface area contributed by atoms with Crippen LogP contribution in [0, 0.1) is 0 Å². The van der Waals surface area contributed by atoms with Gasteiger partial charge in [0.05, 0.1) is 19.3 Å². The summed E-state index contributed by atoms with van der Waals surface area (Å²) in [7, 11) is 1.37. The number of carbonyl (C=O) groups is 2. The Balaban J connectivity index is 2.38. The highest BCUT2D eigenvalue weighted by Crippen LogP contribution is 2.16. The molecule has 0 aliphatic carbocycles. The van der Waals surface area contributed by atoms with E-state index in [4.69, 9.17) is 0 Å². The Morgan fingerprint density at radius 3 is 2.80 bits per heavy atom. The third-order valence-electron chi connectivity index (χ3n) is 2.80. The average molecular weight is 295 g/mol. The first-order valence-corrected chi connectivity index (χ1v) is 7.67. The van der Waals surface area contributed by atoms with Crippen molar-refractivity contribution in [2.24, 2.45) is 0 Å². The van der Waals surface area contributed by atoms with Crippen molar-refractivity contribution in [2.45, 2.75) is 31.9 Å². The molecule has 0 saturated heterocycles. The number of benzene rings is 1. The number of anilines is 1. The number of esters is 1. The Labute approximate surface area is 124 Å². The Morgan fingerprint density at radius 2 is 2.15 bits per heavy atom. The smallest absolute Gasteiger partial charge is 0.306 e. The number of thioether (sulfide) groups is 1. The van der Waals surface area contributed by atoms with E-state index in [9.17, 15) is 9.59 Å². The van der Waals surface area contributed by atoms with Gasteiger partial charge in [0.1, 0.15) is 0 Å². The summed E-state index contributed by atoms with van der Waals surface area (Å²) in [5.41, 5.74) is 2.00. The van der Waals surface area contributed by atoms with Gasteiger partial charge in [-0.1, -0.05) is 26.0 Å². The van der Waals surface area contributed by atoms with E-state index >= 15 is 0 Å². The molecule has 0 aliphatic rings. The van der Waals surface area contributed by atoms with E-state index in [0.29, 0.717) is 12.2 Å². The monoisotopic (exact) mass is 295 g/mol. The van der Waals surface area contributed by atoms with Crippen LogP contribution in [0.5, 0.6) is 0 Å². The Hall–Kier alpha value is -1.49. The molecule has 110 valence electrons. The van der Waals surface area contributed by atoms with Crippen LogP contribution in [-0.2, 0) is 20.7 Å². The zero-order chi connectivity index (χ0) is 15.0. The zero-order valence-corrected chi connectivity index (χ0v) is 13.0. The molecule has 1 aromatic carbocycles. The summed E-state index contributed by atoms with van der Waals surface area (Å²) < 4.78 is 4.60. The van der Waals surface area contributed by atoms with E-state index < -0.39 is 0 Å². The van der Waals surface area contributed by atoms with E-state index in [-0.39, 0.29) is 17.1 Å². The van der Waals surface area contributed by atoms with Gasteiger partial charge in [-0.15, -0.1) is 11.8 Å². The highest BCUT2D eigenvalue weighted by molar-refractivity contribution is 8.00. The molecule has 20 heavy (non-hydrogen) atoms. The summed E-state index contributed by atoms with van der Waals surface area (Å²) >= 11 is 1.44. The number of aryl methyl sites for hydroxylation is 1. The lowest BCUT2D eigenvalue weighted by Crippen LogP contribution is -2.17. The normalized spacial score (nSPS) is 11.8. The molecule has 1 amide bonds. The van der Waals surface area contributed by atoms with E-state index in [0.717, 1.165) is 12.1 Å². The molecule has 0 radical (unpaired) electrons. The van der Waals surface area contributed by atoms with Crippen LogP contribution in [-0.4, -0.2) is 30.0 Å². The summed E-state index contributed by atoms with van der Waals surface area (Å²) in [6.45, 7) is 3.98. The quantitative estimate of drug-likeness (QED) is 0.786. The van der Waals surface area contributed by atoms with Crippen molar-refractivity contribution in [2.75, 3.05) is 18.2 Å². The second-order valence-electron chi connectivity index (χ2n) is 4.50. The van der Waals surface area contributed by atoms with E-state index in [1.54, 1.807) is 0 Å². The summed E-state index contributed by atoms with van der Waals surface area (Å²) in [6.07, 6.45) is 1.26. The van der Waals surface area contributed by atoms with Crippen molar-refractivity contribution >= 4 is 29.3 Å². The SMILES string of the molecule is CCc1cccc(NC(=O)CSC(C)CC(=O)OC)c1. The Morgan fingerprint density at radius 1 is 1.40 bits per heavy atom. The van der Waals surface area contributed by atoms with Gasteiger partial charge in [0.2, 0.25) is 5.91 Å². The molecule has 0 spiro atoms. The van der Waals surface area contributed by atoms with Crippen LogP contribution < -0.4 is 5.32 Å². The molecule has 5 heteroatoms. The van der Waals surface area contributed by atoms with Crippen molar-refractivity contribution in [1.29, 1.82) is 0 Å². The molecule has 1 aromatic rings. The van der Waals surface area contributed by atoms with Gasteiger partial charge < -0.3 is 10.1 Å². The summed E-state index contributed by atoms with van der Waals surface area (Å²) in [6, 6.07) is 7.81. The predicted molar refractivity (Wildman–Crippen MR) is 83.0 cm³/mol. The maximum Gasteiger partial charge on any atom is 0.306 e. The predicted octanol–water partition coefficient (Wildman–Crippen LogP) is 2.87. The van der Waals surface area contributed by atoms with Gasteiger partial charge in [0.25, 0.3) is 0 Å². The maximum atomic E-state index is 11.8. The third-order valence-corrected chi connectivity index (χ3v) is 3.96. The molecule has 0 heterocycles. The lowest BCUT2D eigenvalue weighted by molar-refractivity contribution is -0.140. The van der Waals surface area contributed by atoms with Gasteiger partial charge in [-0.3, -0.25) is 9.59 Å². The van der Waals surface area contributed by atoms with Gasteiger partial charge in [0.15, 0.2) is 0 Å². The van der Waals surface area contributed by atoms with Crippen molar-refractivity contribution in [1.82, 2.24) is 0 Å². The fraction of sp³-hybridized carbons (Fsp3) is 0.467. The van der Waals surface area contributed by atoms with E-state index in [1.165, 1.54) is 24.4 Å². The number of hydrogen-bond donors (Lipinski definition) is 1. The molecule has 0 bridgehead atoms. The van der Waals surface area contributed by atoms with Crippen LogP contribution in [0.4, 0.5) is 5.69 Å². The molecule has 0 saturated carbocycles. The molecule has 1 unspecified atom stereocenters. The summed E-state index contributed by atoms with van der Waals surface area (Å²) in [5, 5.41) is 2.93. The van der Waals surface area contributed by atoms with Crippen molar-refractivity contribution in [3.05, 3.63) is 29.8 Å². The number of hydrogen-bond acceptors (Lipinski definition) is 4. The van der Waals surface area contributed by atoms with Crippen LogP contribution in [0.2, 0.25) is 0 Å². The minimum absolute atomic E-state index is 0.0556. The van der Waals surface area contributed by atoms with Crippen LogP contribution >= 0.6 is 11.8 Å². The van der Waals surface area contributed by atoms with Gasteiger partial charge >= 0.3 is 5.97 Å². The second-order valence-corrected chi connectivity index (χ2v) is 5.93. The fourth-order valence-corrected chi connectivity index (χ4v) is 2.42. The van der Waals surface area contributed by atoms with Crippen LogP contribution in [0.1, 0.15) is 25.8 Å². The second kappa shape index (κ2) is 8.64. The minimum atomic E-state index is -0.249. The topological polar surface area (TPSA) is 55.4 Å². The first-order chi connectivity index (χ1) is 9.55. The summed E-state index contributed by atoms with van der Waals surface area (Å²) in [4.78, 5) is 22.9. The number of rotatable bonds is 7. The van der Waals surface area contributed by atoms with Crippen LogP contribution in [0.25, 0.3) is 0 Å². The molecule has 0 aromatic heterocycles. The summed E-state index contributed by atoms with van der Waals surface area (Å²) in [5.74, 6) is 0.0233. The lowest BCUT2D eigenvalue weighted by atomic mass is 10.1. The number of ether oxygens (including phenoxy) is 1. The molecule has 1 N–H and O–H groups in total. The lowest BCUT2D eigenvalue weighted by Gasteiger charge is -2.10. The van der Waals surface area contributed by atoms with E-state index in [1.807, 2.05) is 31.2 Å². The molecule has 1 rings (SSSR count). The van der Waals surface area contributed by atoms with Crippen LogP contribution in [0.15, 0.2) is 24.3 Å². The standard InChI is InChI=1S/C15H21NO3S/c1-4-12-6-5-7-13(9-12)16-14(17)10-20-11(2)8-15(18)19-3/h5-7,9,11H,4,8,10H2,1-3H3,(H,16,17). The van der Waals surface area contributed by atoms with Gasteiger partial charge in [-0.25, -0.2) is 0 Å². The number of methoxy groups -OCH3 is 1. The van der Waals surface area contributed by atoms with Crippen molar-refractivity contribution in [3.8, 4) is 0 Å². The average Bonchev–Trinajstić information content (AvgIpc) is 2.45. The fourth-order valence-electron chi connectivity index (χ4n) is 1.66. The molecule has 1 atom stereocenters. The van der Waals surface area contributed by atoms with Gasteiger partial charge in [-0.2, -0.15) is 0 Å². The molecular formula is C15H21NO3S. The van der Waals surface area contributed by atoms with Gasteiger partial charge in [-0.05, 0) is 24.1 Å². The Bertz CT molecular complexity index is 462. The van der Waals surface area contributed by atoms with Crippen molar-refractivity contribution in [3.63, 3.8) is 0 Å². The number of amides is 1. The molecule has 4 nitrogen and oxygen atoms in total. The number of nitrogens with one attached hydrogen (secondary N) is 1. The first-order valence-electron chi connectivity index (χ1n) is 6.62. The van der Waals surface area contributed by atoms with Gasteiger partial charge in [0, 0.05) is 10.9 Å². The Kier molecular flexibility index (Phi) is 7.15. The van der Waals surface area contributed by atoms with E-state index in [2.05, 4.69) is 17.0 Å². The third kappa shape index (κ3) is 6.10. The molecule has 0 fully saturated rings. The van der Waals surface area contributed by atoms with Crippen LogP contribution in [0.3, 0.4) is 0 Å². The zero-order valence-electron chi connectivity index (χ0n) is 12.1.